The van der Waals surface area contributed by atoms with Crippen molar-refractivity contribution >= 4 is 34.2 Å². The molecule has 0 aliphatic heterocycles. The summed E-state index contributed by atoms with van der Waals surface area (Å²) in [6.45, 7) is 0. The van der Waals surface area contributed by atoms with Gasteiger partial charge in [0.1, 0.15) is 22.2 Å². The normalized spacial score (nSPS) is 11.0. The van der Waals surface area contributed by atoms with Gasteiger partial charge in [0.15, 0.2) is 11.0 Å². The zero-order valence-corrected chi connectivity index (χ0v) is 12.1. The maximum atomic E-state index is 13.7. The highest BCUT2D eigenvalue weighted by atomic mass is 35.5. The molecule has 0 radical (unpaired) electrons. The zero-order valence-electron chi connectivity index (χ0n) is 10.6. The van der Waals surface area contributed by atoms with Gasteiger partial charge in [-0.05, 0) is 6.07 Å². The first kappa shape index (κ1) is 14.6. The van der Waals surface area contributed by atoms with Gasteiger partial charge >= 0.3 is 5.63 Å². The summed E-state index contributed by atoms with van der Waals surface area (Å²) in [6.07, 6.45) is 0. The van der Waals surface area contributed by atoms with E-state index in [-0.39, 0.29) is 38.7 Å². The molecule has 112 valence electrons. The molecule has 0 aliphatic carbocycles. The van der Waals surface area contributed by atoms with Crippen LogP contribution in [-0.4, -0.2) is 15.2 Å². The second kappa shape index (κ2) is 5.15. The van der Waals surface area contributed by atoms with Gasteiger partial charge in [0.05, 0.1) is 5.39 Å². The molecule has 5 nitrogen and oxygen atoms in total. The quantitative estimate of drug-likeness (QED) is 0.520. The smallest absolute Gasteiger partial charge is 0.336 e. The lowest BCUT2D eigenvalue weighted by Crippen LogP contribution is -1.99. The Morgan fingerprint density at radius 1 is 1.05 bits per heavy atom. The van der Waals surface area contributed by atoms with Crippen molar-refractivity contribution in [1.29, 1.82) is 0 Å². The van der Waals surface area contributed by atoms with E-state index in [9.17, 15) is 19.4 Å². The van der Waals surface area contributed by atoms with E-state index in [1.807, 2.05) is 0 Å². The summed E-state index contributed by atoms with van der Waals surface area (Å²) in [5.74, 6) is -1.49. The predicted octanol–water partition coefficient (Wildman–Crippen LogP) is 3.71. The number of nitrogens with zero attached hydrogens (tertiary/aromatic N) is 1. The second-order valence-electron chi connectivity index (χ2n) is 4.42. The third-order valence-electron chi connectivity index (χ3n) is 2.99. The fourth-order valence-corrected chi connectivity index (χ4v) is 2.54. The number of hydrogen-bond donors (Lipinski definition) is 2. The van der Waals surface area contributed by atoms with E-state index in [2.05, 4.69) is 4.98 Å². The van der Waals surface area contributed by atoms with Crippen LogP contribution >= 0.6 is 23.2 Å². The van der Waals surface area contributed by atoms with Gasteiger partial charge in [-0.3, -0.25) is 0 Å². The Morgan fingerprint density at radius 3 is 2.50 bits per heavy atom. The standard InChI is InChI=1S/C14H6Cl2FNO4/c15-13-7(3-8(17)14(16)18-13)6-4-11(21)22-10-2-5(19)1-9(20)12(6)10/h1-4,19-20H. The zero-order chi connectivity index (χ0) is 16.0. The molecule has 3 aromatic rings. The summed E-state index contributed by atoms with van der Waals surface area (Å²) in [5.41, 5.74) is -0.676. The summed E-state index contributed by atoms with van der Waals surface area (Å²) in [5, 5.41) is 19.0. The molecule has 0 amide bonds. The Labute approximate surface area is 132 Å². The van der Waals surface area contributed by atoms with Crippen LogP contribution in [0, 0.1) is 5.82 Å². The SMILES string of the molecule is O=c1cc(-c2cc(F)c(Cl)nc2Cl)c2c(O)cc(O)cc2o1. The van der Waals surface area contributed by atoms with Gasteiger partial charge in [-0.2, -0.15) is 0 Å². The highest BCUT2D eigenvalue weighted by Crippen LogP contribution is 2.39. The number of phenols is 2. The van der Waals surface area contributed by atoms with Crippen LogP contribution < -0.4 is 5.63 Å². The van der Waals surface area contributed by atoms with Crippen LogP contribution in [0.15, 0.2) is 33.5 Å². The summed E-state index contributed by atoms with van der Waals surface area (Å²) in [6, 6.07) is 4.24. The molecule has 0 saturated carbocycles. The molecule has 0 fully saturated rings. The number of aromatic nitrogens is 1. The van der Waals surface area contributed by atoms with Crippen LogP contribution in [0.1, 0.15) is 0 Å². The van der Waals surface area contributed by atoms with Gasteiger partial charge in [0.2, 0.25) is 0 Å². The minimum atomic E-state index is -0.833. The molecule has 1 aromatic carbocycles. The summed E-state index contributed by atoms with van der Waals surface area (Å²) in [7, 11) is 0. The summed E-state index contributed by atoms with van der Waals surface area (Å²) < 4.78 is 18.6. The highest BCUT2D eigenvalue weighted by molar-refractivity contribution is 6.34. The molecule has 0 atom stereocenters. The molecule has 3 rings (SSSR count). The first-order valence-electron chi connectivity index (χ1n) is 5.88. The van der Waals surface area contributed by atoms with Crippen molar-refractivity contribution in [2.45, 2.75) is 0 Å². The van der Waals surface area contributed by atoms with Crippen molar-refractivity contribution in [2.75, 3.05) is 0 Å². The molecule has 0 bridgehead atoms. The third-order valence-corrected chi connectivity index (χ3v) is 3.54. The monoisotopic (exact) mass is 341 g/mol. The maximum absolute atomic E-state index is 13.7. The molecular weight excluding hydrogens is 336 g/mol. The fourth-order valence-electron chi connectivity index (χ4n) is 2.11. The van der Waals surface area contributed by atoms with E-state index in [1.165, 1.54) is 0 Å². The Bertz CT molecular complexity index is 971. The van der Waals surface area contributed by atoms with E-state index < -0.39 is 16.6 Å². The van der Waals surface area contributed by atoms with Crippen LogP contribution in [0.2, 0.25) is 10.3 Å². The Kier molecular flexibility index (Phi) is 3.42. The predicted molar refractivity (Wildman–Crippen MR) is 79.0 cm³/mol. The Morgan fingerprint density at radius 2 is 1.77 bits per heavy atom. The van der Waals surface area contributed by atoms with Crippen LogP contribution in [-0.2, 0) is 0 Å². The van der Waals surface area contributed by atoms with Crippen molar-refractivity contribution in [2.24, 2.45) is 0 Å². The molecule has 2 heterocycles. The van der Waals surface area contributed by atoms with Gasteiger partial charge in [0, 0.05) is 29.3 Å². The number of hydrogen-bond acceptors (Lipinski definition) is 5. The lowest BCUT2D eigenvalue weighted by atomic mass is 10.0. The number of halogens is 3. The molecule has 0 saturated heterocycles. The molecule has 2 N–H and O–H groups in total. The van der Waals surface area contributed by atoms with E-state index in [4.69, 9.17) is 27.6 Å². The van der Waals surface area contributed by atoms with Crippen molar-refractivity contribution in [1.82, 2.24) is 4.98 Å². The van der Waals surface area contributed by atoms with Crippen LogP contribution in [0.25, 0.3) is 22.1 Å². The number of pyridine rings is 1. The molecule has 22 heavy (non-hydrogen) atoms. The highest BCUT2D eigenvalue weighted by Gasteiger charge is 2.18. The lowest BCUT2D eigenvalue weighted by Gasteiger charge is -2.09. The number of benzene rings is 1. The second-order valence-corrected chi connectivity index (χ2v) is 5.13. The van der Waals surface area contributed by atoms with E-state index in [0.717, 1.165) is 24.3 Å². The largest absolute Gasteiger partial charge is 0.508 e. The minimum Gasteiger partial charge on any atom is -0.508 e. The average Bonchev–Trinajstić information content (AvgIpc) is 2.41. The Hall–Kier alpha value is -2.31. The molecule has 0 spiro atoms. The van der Waals surface area contributed by atoms with Gasteiger partial charge < -0.3 is 14.6 Å². The van der Waals surface area contributed by atoms with Gasteiger partial charge in [-0.25, -0.2) is 14.2 Å². The Balaban J connectivity index is 2.46. The molecule has 2 aromatic heterocycles. The number of aromatic hydroxyl groups is 2. The molecular formula is C14H6Cl2FNO4. The van der Waals surface area contributed by atoms with E-state index in [0.29, 0.717) is 0 Å². The first-order chi connectivity index (χ1) is 10.4. The lowest BCUT2D eigenvalue weighted by molar-refractivity contribution is 0.451. The summed E-state index contributed by atoms with van der Waals surface area (Å²) in [4.78, 5) is 15.3. The van der Waals surface area contributed by atoms with Gasteiger partial charge in [-0.1, -0.05) is 23.2 Å². The van der Waals surface area contributed by atoms with Crippen molar-refractivity contribution in [3.05, 3.63) is 50.8 Å². The fraction of sp³-hybridized carbons (Fsp3) is 0. The van der Waals surface area contributed by atoms with Crippen LogP contribution in [0.4, 0.5) is 4.39 Å². The topological polar surface area (TPSA) is 83.6 Å². The average molecular weight is 342 g/mol. The first-order valence-corrected chi connectivity index (χ1v) is 6.64. The van der Waals surface area contributed by atoms with Crippen LogP contribution in [0.5, 0.6) is 11.5 Å². The van der Waals surface area contributed by atoms with Gasteiger partial charge in [-0.15, -0.1) is 0 Å². The minimum absolute atomic E-state index is 0.0578. The molecule has 0 aliphatic rings. The number of phenolic OH excluding ortho intramolecular Hbond substituents is 2. The number of rotatable bonds is 1. The molecule has 0 unspecified atom stereocenters. The van der Waals surface area contributed by atoms with Gasteiger partial charge in [0.25, 0.3) is 0 Å². The van der Waals surface area contributed by atoms with Crippen molar-refractivity contribution in [3.8, 4) is 22.6 Å². The number of fused-ring (bicyclic) bond motifs is 1. The van der Waals surface area contributed by atoms with E-state index in [1.54, 1.807) is 0 Å². The summed E-state index contributed by atoms with van der Waals surface area (Å²) >= 11 is 11.5. The maximum Gasteiger partial charge on any atom is 0.336 e. The van der Waals surface area contributed by atoms with Crippen molar-refractivity contribution < 1.29 is 19.0 Å². The molecule has 8 heteroatoms. The van der Waals surface area contributed by atoms with E-state index >= 15 is 0 Å². The van der Waals surface area contributed by atoms with Crippen LogP contribution in [0.3, 0.4) is 0 Å². The third kappa shape index (κ3) is 2.36. The van der Waals surface area contributed by atoms with Crippen molar-refractivity contribution in [3.63, 3.8) is 0 Å².